The number of nitrogens with one attached hydrogen (secondary N) is 3. The fourth-order valence-electron chi connectivity index (χ4n) is 4.63. The topological polar surface area (TPSA) is 99.8 Å². The minimum Gasteiger partial charge on any atom is -0.350 e. The zero-order chi connectivity index (χ0) is 21.9. The smallest absolute Gasteiger partial charge is 0.255 e. The predicted octanol–water partition coefficient (Wildman–Crippen LogP) is 3.83. The molecule has 0 aliphatic heterocycles. The van der Waals surface area contributed by atoms with E-state index in [0.29, 0.717) is 29.2 Å². The Morgan fingerprint density at radius 1 is 1.06 bits per heavy atom. The van der Waals surface area contributed by atoms with Gasteiger partial charge in [0.15, 0.2) is 5.65 Å². The van der Waals surface area contributed by atoms with Crippen LogP contribution in [0.25, 0.3) is 11.2 Å². The van der Waals surface area contributed by atoms with Crippen molar-refractivity contribution in [1.82, 2.24) is 25.6 Å². The molecule has 2 aliphatic rings. The van der Waals surface area contributed by atoms with Crippen LogP contribution in [0.4, 0.5) is 0 Å². The van der Waals surface area contributed by atoms with Gasteiger partial charge in [0.05, 0.1) is 17.5 Å². The van der Waals surface area contributed by atoms with Crippen LogP contribution in [0.3, 0.4) is 0 Å². The number of hydrogen-bond acceptors (Lipinski definition) is 4. The number of rotatable bonds is 7. The highest BCUT2D eigenvalue weighted by molar-refractivity contribution is 6.06. The lowest BCUT2D eigenvalue weighted by molar-refractivity contribution is -0.124. The van der Waals surface area contributed by atoms with Crippen LogP contribution in [0, 0.1) is 5.92 Å². The number of aromatic amines is 1. The first kappa shape index (κ1) is 20.7. The van der Waals surface area contributed by atoms with Crippen molar-refractivity contribution in [2.45, 2.75) is 63.5 Å². The van der Waals surface area contributed by atoms with Gasteiger partial charge in [0, 0.05) is 18.7 Å². The number of nitrogens with zero attached hydrogens (tertiary/aromatic N) is 2. The van der Waals surface area contributed by atoms with Gasteiger partial charge >= 0.3 is 0 Å². The van der Waals surface area contributed by atoms with E-state index in [1.54, 1.807) is 12.4 Å². The zero-order valence-corrected chi connectivity index (χ0v) is 18.1. The van der Waals surface area contributed by atoms with Crippen molar-refractivity contribution in [2.75, 3.05) is 0 Å². The third-order valence-electron chi connectivity index (χ3n) is 6.64. The average Bonchev–Trinajstić information content (AvgIpc) is 3.61. The molecule has 1 unspecified atom stereocenters. The summed E-state index contributed by atoms with van der Waals surface area (Å²) in [5.41, 5.74) is 3.61. The van der Waals surface area contributed by atoms with E-state index < -0.39 is 6.04 Å². The van der Waals surface area contributed by atoms with Crippen molar-refractivity contribution < 1.29 is 9.59 Å². The van der Waals surface area contributed by atoms with E-state index in [9.17, 15) is 9.59 Å². The Morgan fingerprint density at radius 2 is 1.84 bits per heavy atom. The Balaban J connectivity index is 1.34. The quantitative estimate of drug-likeness (QED) is 0.529. The summed E-state index contributed by atoms with van der Waals surface area (Å²) in [6.45, 7) is 0.447. The summed E-state index contributed by atoms with van der Waals surface area (Å²) in [5, 5.41) is 6.07. The largest absolute Gasteiger partial charge is 0.350 e. The lowest BCUT2D eigenvalue weighted by Gasteiger charge is -2.30. The fraction of sp³-hybridized carbons (Fsp3) is 0.440. The molecule has 0 saturated heterocycles. The highest BCUT2D eigenvalue weighted by atomic mass is 16.2. The van der Waals surface area contributed by atoms with Crippen LogP contribution >= 0.6 is 0 Å². The molecule has 1 atom stereocenters. The third-order valence-corrected chi connectivity index (χ3v) is 6.64. The molecule has 3 N–H and O–H groups in total. The van der Waals surface area contributed by atoms with E-state index in [1.807, 2.05) is 30.3 Å². The standard InChI is InChI=1S/C25H29N5O2/c31-24(19-14-26-23-22(19)29-20(15-27-23)17-11-12-17)30-21(18-9-5-2-6-10-18)25(32)28-13-16-7-3-1-4-8-16/h1,3-4,7-8,14-15,17-18,21H,2,5-6,9-13H2,(H,26,27)(H,28,32)(H,30,31). The summed E-state index contributed by atoms with van der Waals surface area (Å²) in [6.07, 6.45) is 10.9. The Kier molecular flexibility index (Phi) is 5.88. The van der Waals surface area contributed by atoms with E-state index in [4.69, 9.17) is 4.98 Å². The molecular formula is C25H29N5O2. The molecule has 2 amide bonds. The Labute approximate surface area is 187 Å². The maximum atomic E-state index is 13.3. The molecule has 0 radical (unpaired) electrons. The maximum absolute atomic E-state index is 13.3. The van der Waals surface area contributed by atoms with Gasteiger partial charge < -0.3 is 15.6 Å². The number of H-pyrrole nitrogens is 1. The van der Waals surface area contributed by atoms with Crippen LogP contribution in [0.5, 0.6) is 0 Å². The van der Waals surface area contributed by atoms with Crippen LogP contribution in [0.1, 0.15) is 72.5 Å². The lowest BCUT2D eigenvalue weighted by Crippen LogP contribution is -2.51. The summed E-state index contributed by atoms with van der Waals surface area (Å²) in [6, 6.07) is 9.27. The van der Waals surface area contributed by atoms with Crippen molar-refractivity contribution in [2.24, 2.45) is 5.92 Å². The average molecular weight is 432 g/mol. The summed E-state index contributed by atoms with van der Waals surface area (Å²) in [5.74, 6) is 0.195. The van der Waals surface area contributed by atoms with Gasteiger partial charge in [-0.2, -0.15) is 0 Å². The molecule has 7 heteroatoms. The second-order valence-corrected chi connectivity index (χ2v) is 9.02. The first-order valence-corrected chi connectivity index (χ1v) is 11.7. The van der Waals surface area contributed by atoms with E-state index in [2.05, 4.69) is 20.6 Å². The van der Waals surface area contributed by atoms with Gasteiger partial charge in [-0.3, -0.25) is 9.59 Å². The molecule has 32 heavy (non-hydrogen) atoms. The lowest BCUT2D eigenvalue weighted by atomic mass is 9.83. The molecule has 5 rings (SSSR count). The van der Waals surface area contributed by atoms with Gasteiger partial charge in [-0.05, 0) is 37.2 Å². The van der Waals surface area contributed by atoms with Crippen LogP contribution in [0.15, 0.2) is 42.7 Å². The van der Waals surface area contributed by atoms with E-state index >= 15 is 0 Å². The molecular weight excluding hydrogens is 402 g/mol. The van der Waals surface area contributed by atoms with Crippen LogP contribution in [-0.4, -0.2) is 32.8 Å². The number of aromatic nitrogens is 3. The highest BCUT2D eigenvalue weighted by Crippen LogP contribution is 2.39. The number of benzene rings is 1. The van der Waals surface area contributed by atoms with E-state index in [0.717, 1.165) is 49.8 Å². The highest BCUT2D eigenvalue weighted by Gasteiger charge is 2.32. The molecule has 2 fully saturated rings. The van der Waals surface area contributed by atoms with Crippen molar-refractivity contribution in [1.29, 1.82) is 0 Å². The molecule has 0 bridgehead atoms. The second-order valence-electron chi connectivity index (χ2n) is 9.02. The number of carbonyl (C=O) groups excluding carboxylic acids is 2. The van der Waals surface area contributed by atoms with Crippen molar-refractivity contribution in [3.8, 4) is 0 Å². The second kappa shape index (κ2) is 9.10. The number of amides is 2. The molecule has 2 heterocycles. The monoisotopic (exact) mass is 431 g/mol. The van der Waals surface area contributed by atoms with Crippen molar-refractivity contribution >= 4 is 23.0 Å². The van der Waals surface area contributed by atoms with Gasteiger partial charge in [0.25, 0.3) is 5.91 Å². The molecule has 0 spiro atoms. The van der Waals surface area contributed by atoms with Gasteiger partial charge in [0.1, 0.15) is 11.6 Å². The van der Waals surface area contributed by atoms with Gasteiger partial charge in [-0.25, -0.2) is 9.97 Å². The van der Waals surface area contributed by atoms with E-state index in [-0.39, 0.29) is 17.7 Å². The van der Waals surface area contributed by atoms with Gasteiger partial charge in [-0.15, -0.1) is 0 Å². The minimum atomic E-state index is -0.559. The van der Waals surface area contributed by atoms with Gasteiger partial charge in [-0.1, -0.05) is 49.6 Å². The molecule has 166 valence electrons. The summed E-state index contributed by atoms with van der Waals surface area (Å²) in [7, 11) is 0. The van der Waals surface area contributed by atoms with Crippen molar-refractivity contribution in [3.05, 3.63) is 59.5 Å². The van der Waals surface area contributed by atoms with Crippen LogP contribution in [-0.2, 0) is 11.3 Å². The molecule has 2 saturated carbocycles. The summed E-state index contributed by atoms with van der Waals surface area (Å²) < 4.78 is 0. The maximum Gasteiger partial charge on any atom is 0.255 e. The minimum absolute atomic E-state index is 0.126. The Morgan fingerprint density at radius 3 is 2.59 bits per heavy atom. The molecule has 3 aromatic rings. The fourth-order valence-corrected chi connectivity index (χ4v) is 4.63. The van der Waals surface area contributed by atoms with Crippen LogP contribution < -0.4 is 10.6 Å². The Hall–Kier alpha value is -3.22. The van der Waals surface area contributed by atoms with Gasteiger partial charge in [0.2, 0.25) is 5.91 Å². The van der Waals surface area contributed by atoms with Crippen molar-refractivity contribution in [3.63, 3.8) is 0 Å². The number of fused-ring (bicyclic) bond motifs is 1. The summed E-state index contributed by atoms with van der Waals surface area (Å²) >= 11 is 0. The molecule has 2 aromatic heterocycles. The summed E-state index contributed by atoms with van der Waals surface area (Å²) in [4.78, 5) is 38.6. The van der Waals surface area contributed by atoms with Crippen LogP contribution in [0.2, 0.25) is 0 Å². The number of hydrogen-bond donors (Lipinski definition) is 3. The normalized spacial score (nSPS) is 17.8. The first-order valence-electron chi connectivity index (χ1n) is 11.7. The molecule has 1 aromatic carbocycles. The Bertz CT molecular complexity index is 1100. The third kappa shape index (κ3) is 4.52. The zero-order valence-electron chi connectivity index (χ0n) is 18.1. The SMILES string of the molecule is O=C(NC(C(=O)NCc1ccccc1)C1CCCCC1)c1c[nH]c2ncc(C3CC3)nc12. The molecule has 7 nitrogen and oxygen atoms in total. The molecule has 2 aliphatic carbocycles. The first-order chi connectivity index (χ1) is 15.7. The van der Waals surface area contributed by atoms with E-state index in [1.165, 1.54) is 6.42 Å². The predicted molar refractivity (Wildman–Crippen MR) is 122 cm³/mol. The number of carbonyl (C=O) groups is 2.